The van der Waals surface area contributed by atoms with Gasteiger partial charge in [-0.2, -0.15) is 13.2 Å². The molecule has 1 aliphatic heterocycles. The van der Waals surface area contributed by atoms with Gasteiger partial charge in [-0.25, -0.2) is 9.97 Å². The lowest BCUT2D eigenvalue weighted by molar-refractivity contribution is -0.138. The lowest BCUT2D eigenvalue weighted by Gasteiger charge is -2.22. The van der Waals surface area contributed by atoms with Gasteiger partial charge in [0.25, 0.3) is 0 Å². The van der Waals surface area contributed by atoms with Gasteiger partial charge in [0.2, 0.25) is 0 Å². The molecular formula is C10H13ClF3N3. The van der Waals surface area contributed by atoms with Gasteiger partial charge in [-0.1, -0.05) is 6.42 Å². The van der Waals surface area contributed by atoms with E-state index in [2.05, 4.69) is 15.3 Å². The number of nitrogens with zero attached hydrogens (tertiary/aromatic N) is 2. The van der Waals surface area contributed by atoms with E-state index in [-0.39, 0.29) is 18.4 Å². The first-order valence-electron chi connectivity index (χ1n) is 5.20. The molecule has 7 heteroatoms. The fourth-order valence-corrected chi connectivity index (χ4v) is 1.74. The zero-order valence-electron chi connectivity index (χ0n) is 9.00. The highest BCUT2D eigenvalue weighted by molar-refractivity contribution is 5.85. The molecule has 1 atom stereocenters. The predicted octanol–water partition coefficient (Wildman–Crippen LogP) is 2.73. The Morgan fingerprint density at radius 1 is 1.18 bits per heavy atom. The minimum absolute atomic E-state index is 0. The standard InChI is InChI=1S/C10H12F3N3.ClH/c11-10(12,13)7-5-15-9(16-6-7)8-3-1-2-4-14-8;/h5-6,8,14H,1-4H2;1H/t8-;/m0./s1. The van der Waals surface area contributed by atoms with Crippen molar-refractivity contribution in [2.45, 2.75) is 31.5 Å². The third kappa shape index (κ3) is 3.54. The van der Waals surface area contributed by atoms with Crippen LogP contribution in [0.5, 0.6) is 0 Å². The number of hydrogen-bond donors (Lipinski definition) is 1. The second-order valence-electron chi connectivity index (χ2n) is 3.83. The van der Waals surface area contributed by atoms with Gasteiger partial charge >= 0.3 is 6.18 Å². The minimum atomic E-state index is -4.36. The van der Waals surface area contributed by atoms with E-state index in [0.717, 1.165) is 38.2 Å². The summed E-state index contributed by atoms with van der Waals surface area (Å²) in [5.41, 5.74) is -0.799. The summed E-state index contributed by atoms with van der Waals surface area (Å²) in [7, 11) is 0. The van der Waals surface area contributed by atoms with Crippen LogP contribution in [0.25, 0.3) is 0 Å². The largest absolute Gasteiger partial charge is 0.419 e. The lowest BCUT2D eigenvalue weighted by Crippen LogP contribution is -2.28. The van der Waals surface area contributed by atoms with Gasteiger partial charge in [-0.3, -0.25) is 0 Å². The van der Waals surface area contributed by atoms with E-state index in [1.54, 1.807) is 0 Å². The van der Waals surface area contributed by atoms with Crippen molar-refractivity contribution in [3.63, 3.8) is 0 Å². The summed E-state index contributed by atoms with van der Waals surface area (Å²) < 4.78 is 36.8. The summed E-state index contributed by atoms with van der Waals surface area (Å²) in [6, 6.07) is -0.00367. The van der Waals surface area contributed by atoms with Gasteiger partial charge in [0.15, 0.2) is 0 Å². The molecule has 0 radical (unpaired) electrons. The first-order valence-corrected chi connectivity index (χ1v) is 5.20. The highest BCUT2D eigenvalue weighted by Gasteiger charge is 2.31. The molecule has 1 N–H and O–H groups in total. The van der Waals surface area contributed by atoms with Crippen LogP contribution in [-0.2, 0) is 6.18 Å². The first-order chi connectivity index (χ1) is 7.57. The highest BCUT2D eigenvalue weighted by atomic mass is 35.5. The molecule has 2 heterocycles. The van der Waals surface area contributed by atoms with Crippen LogP contribution >= 0.6 is 12.4 Å². The fourth-order valence-electron chi connectivity index (χ4n) is 1.74. The van der Waals surface area contributed by atoms with Crippen LogP contribution in [0.15, 0.2) is 12.4 Å². The van der Waals surface area contributed by atoms with Gasteiger partial charge in [-0.05, 0) is 19.4 Å². The average Bonchev–Trinajstić information content (AvgIpc) is 2.29. The Bertz CT molecular complexity index is 347. The van der Waals surface area contributed by atoms with Crippen molar-refractivity contribution in [2.75, 3.05) is 6.54 Å². The zero-order valence-corrected chi connectivity index (χ0v) is 9.81. The van der Waals surface area contributed by atoms with E-state index in [1.807, 2.05) is 0 Å². The van der Waals surface area contributed by atoms with Gasteiger partial charge < -0.3 is 5.32 Å². The van der Waals surface area contributed by atoms with Crippen LogP contribution in [0, 0.1) is 0 Å². The number of nitrogens with one attached hydrogen (secondary N) is 1. The monoisotopic (exact) mass is 267 g/mol. The van der Waals surface area contributed by atoms with E-state index in [0.29, 0.717) is 5.82 Å². The maximum absolute atomic E-state index is 12.3. The summed E-state index contributed by atoms with van der Waals surface area (Å²) in [5.74, 6) is 0.452. The van der Waals surface area contributed by atoms with Gasteiger partial charge in [0.05, 0.1) is 11.6 Å². The molecule has 2 rings (SSSR count). The Labute approximate surface area is 103 Å². The van der Waals surface area contributed by atoms with Crippen LogP contribution in [0.1, 0.15) is 36.7 Å². The summed E-state index contributed by atoms with van der Waals surface area (Å²) in [6.07, 6.45) is 0.361. The number of alkyl halides is 3. The van der Waals surface area contributed by atoms with Crippen molar-refractivity contribution in [1.82, 2.24) is 15.3 Å². The molecule has 1 aromatic rings. The molecule has 0 saturated carbocycles. The molecule has 1 aliphatic rings. The Morgan fingerprint density at radius 2 is 1.82 bits per heavy atom. The fraction of sp³-hybridized carbons (Fsp3) is 0.600. The smallest absolute Gasteiger partial charge is 0.307 e. The Hall–Kier alpha value is -0.880. The van der Waals surface area contributed by atoms with E-state index in [1.165, 1.54) is 0 Å². The maximum atomic E-state index is 12.3. The molecule has 1 saturated heterocycles. The summed E-state index contributed by atoms with van der Waals surface area (Å²) in [5, 5.41) is 3.19. The zero-order chi connectivity index (χ0) is 11.6. The molecule has 96 valence electrons. The second kappa shape index (κ2) is 5.64. The molecule has 3 nitrogen and oxygen atoms in total. The lowest BCUT2D eigenvalue weighted by atomic mass is 10.0. The Balaban J connectivity index is 0.00000144. The normalized spacial score (nSPS) is 20.8. The summed E-state index contributed by atoms with van der Waals surface area (Å²) >= 11 is 0. The average molecular weight is 268 g/mol. The van der Waals surface area contributed by atoms with Gasteiger partial charge in [-0.15, -0.1) is 12.4 Å². The quantitative estimate of drug-likeness (QED) is 0.850. The van der Waals surface area contributed by atoms with Crippen LogP contribution in [0.3, 0.4) is 0 Å². The molecule has 0 aliphatic carbocycles. The van der Waals surface area contributed by atoms with Crippen molar-refractivity contribution < 1.29 is 13.2 Å². The summed E-state index contributed by atoms with van der Waals surface area (Å²) in [6.45, 7) is 0.870. The van der Waals surface area contributed by atoms with Gasteiger partial charge in [0.1, 0.15) is 5.82 Å². The third-order valence-electron chi connectivity index (χ3n) is 2.62. The van der Waals surface area contributed by atoms with E-state index in [4.69, 9.17) is 0 Å². The van der Waals surface area contributed by atoms with Crippen molar-refractivity contribution in [3.05, 3.63) is 23.8 Å². The molecule has 1 aromatic heterocycles. The molecule has 0 amide bonds. The van der Waals surface area contributed by atoms with E-state index < -0.39 is 11.7 Å². The van der Waals surface area contributed by atoms with Crippen molar-refractivity contribution in [3.8, 4) is 0 Å². The van der Waals surface area contributed by atoms with Crippen molar-refractivity contribution in [1.29, 1.82) is 0 Å². The molecule has 0 unspecified atom stereocenters. The SMILES string of the molecule is Cl.FC(F)(F)c1cnc([C@@H]2CCCCN2)nc1. The summed E-state index contributed by atoms with van der Waals surface area (Å²) in [4.78, 5) is 7.55. The van der Waals surface area contributed by atoms with Crippen molar-refractivity contribution >= 4 is 12.4 Å². The van der Waals surface area contributed by atoms with Gasteiger partial charge in [0, 0.05) is 12.4 Å². The van der Waals surface area contributed by atoms with E-state index in [9.17, 15) is 13.2 Å². The van der Waals surface area contributed by atoms with E-state index >= 15 is 0 Å². The minimum Gasteiger partial charge on any atom is -0.307 e. The molecular weight excluding hydrogens is 255 g/mol. The van der Waals surface area contributed by atoms with Crippen LogP contribution < -0.4 is 5.32 Å². The number of hydrogen-bond acceptors (Lipinski definition) is 3. The van der Waals surface area contributed by atoms with Crippen LogP contribution in [0.4, 0.5) is 13.2 Å². The predicted molar refractivity (Wildman–Crippen MR) is 58.9 cm³/mol. The molecule has 0 aromatic carbocycles. The topological polar surface area (TPSA) is 37.8 Å². The number of rotatable bonds is 1. The van der Waals surface area contributed by atoms with Crippen molar-refractivity contribution in [2.24, 2.45) is 0 Å². The number of aromatic nitrogens is 2. The first kappa shape index (κ1) is 14.2. The molecule has 0 spiro atoms. The Morgan fingerprint density at radius 3 is 2.29 bits per heavy atom. The maximum Gasteiger partial charge on any atom is 0.419 e. The Kier molecular flexibility index (Phi) is 4.70. The van der Waals surface area contributed by atoms with Crippen LogP contribution in [-0.4, -0.2) is 16.5 Å². The number of halogens is 4. The second-order valence-corrected chi connectivity index (χ2v) is 3.83. The van der Waals surface area contributed by atoms with Crippen LogP contribution in [0.2, 0.25) is 0 Å². The highest BCUT2D eigenvalue weighted by Crippen LogP contribution is 2.28. The molecule has 1 fully saturated rings. The molecule has 0 bridgehead atoms. The molecule has 17 heavy (non-hydrogen) atoms. The number of piperidine rings is 1. The third-order valence-corrected chi connectivity index (χ3v) is 2.62.